The predicted octanol–water partition coefficient (Wildman–Crippen LogP) is 3.70. The second-order valence-corrected chi connectivity index (χ2v) is 7.93. The van der Waals surface area contributed by atoms with Crippen LogP contribution in [0.15, 0.2) is 17.5 Å². The van der Waals surface area contributed by atoms with Crippen LogP contribution in [0.1, 0.15) is 30.6 Å². The molecule has 140 valence electrons. The molecule has 1 saturated carbocycles. The summed E-state index contributed by atoms with van der Waals surface area (Å²) in [5.41, 5.74) is 0. The lowest BCUT2D eigenvalue weighted by Gasteiger charge is -2.36. The quantitative estimate of drug-likeness (QED) is 0.875. The van der Waals surface area contributed by atoms with E-state index in [2.05, 4.69) is 21.7 Å². The minimum Gasteiger partial charge on any atom is -0.335 e. The van der Waals surface area contributed by atoms with Gasteiger partial charge in [-0.1, -0.05) is 12.5 Å². The van der Waals surface area contributed by atoms with E-state index >= 15 is 0 Å². The zero-order valence-corrected chi connectivity index (χ0v) is 14.9. The number of carbonyl (C=O) groups excluding carboxylic acids is 1. The number of rotatable bonds is 3. The first-order valence-electron chi connectivity index (χ1n) is 8.78. The summed E-state index contributed by atoms with van der Waals surface area (Å²) in [5.74, 6) is -1.28. The molecule has 1 aliphatic carbocycles. The second kappa shape index (κ2) is 7.95. The molecule has 0 bridgehead atoms. The Hall–Kier alpha value is -1.28. The van der Waals surface area contributed by atoms with Gasteiger partial charge in [0.05, 0.1) is 5.92 Å². The molecule has 8 heteroatoms. The molecule has 1 aromatic heterocycles. The average Bonchev–Trinajstić information content (AvgIpc) is 3.08. The fourth-order valence-corrected chi connectivity index (χ4v) is 4.36. The third-order valence-electron chi connectivity index (χ3n) is 5.08. The van der Waals surface area contributed by atoms with Crippen LogP contribution in [0.5, 0.6) is 0 Å². The van der Waals surface area contributed by atoms with Gasteiger partial charge < -0.3 is 10.2 Å². The van der Waals surface area contributed by atoms with E-state index in [-0.39, 0.29) is 24.9 Å². The maximum atomic E-state index is 12.9. The number of urea groups is 1. The highest BCUT2D eigenvalue weighted by Gasteiger charge is 2.42. The number of thiophene rings is 1. The average molecular weight is 375 g/mol. The van der Waals surface area contributed by atoms with Crippen LogP contribution in [0.2, 0.25) is 0 Å². The van der Waals surface area contributed by atoms with Crippen molar-refractivity contribution in [1.29, 1.82) is 0 Å². The molecule has 3 rings (SSSR count). The summed E-state index contributed by atoms with van der Waals surface area (Å²) in [5, 5.41) is 4.87. The molecule has 25 heavy (non-hydrogen) atoms. The van der Waals surface area contributed by atoms with Crippen LogP contribution >= 0.6 is 11.3 Å². The zero-order chi connectivity index (χ0) is 17.9. The number of piperazine rings is 1. The van der Waals surface area contributed by atoms with E-state index in [4.69, 9.17) is 0 Å². The lowest BCUT2D eigenvalue weighted by atomic mass is 9.85. The molecule has 2 aliphatic rings. The molecule has 2 amide bonds. The van der Waals surface area contributed by atoms with E-state index in [0.29, 0.717) is 25.9 Å². The van der Waals surface area contributed by atoms with Gasteiger partial charge in [0.15, 0.2) is 0 Å². The van der Waals surface area contributed by atoms with E-state index in [1.54, 1.807) is 16.2 Å². The summed E-state index contributed by atoms with van der Waals surface area (Å²) in [6.45, 7) is 3.71. The van der Waals surface area contributed by atoms with Crippen LogP contribution < -0.4 is 5.32 Å². The normalized spacial score (nSPS) is 25.8. The smallest absolute Gasteiger partial charge is 0.335 e. The van der Waals surface area contributed by atoms with Gasteiger partial charge in [0, 0.05) is 43.6 Å². The van der Waals surface area contributed by atoms with Gasteiger partial charge in [-0.05, 0) is 30.7 Å². The van der Waals surface area contributed by atoms with Crippen LogP contribution in [0.25, 0.3) is 0 Å². The Kier molecular flexibility index (Phi) is 5.89. The van der Waals surface area contributed by atoms with Gasteiger partial charge in [0.25, 0.3) is 0 Å². The Labute approximate surface area is 150 Å². The topological polar surface area (TPSA) is 35.6 Å². The summed E-state index contributed by atoms with van der Waals surface area (Å²) in [6, 6.07) is 3.55. The monoisotopic (exact) mass is 375 g/mol. The van der Waals surface area contributed by atoms with Crippen LogP contribution in [-0.4, -0.2) is 54.2 Å². The molecular weight excluding hydrogens is 351 g/mol. The van der Waals surface area contributed by atoms with Crippen molar-refractivity contribution in [3.63, 3.8) is 0 Å². The summed E-state index contributed by atoms with van der Waals surface area (Å²) < 4.78 is 38.6. The molecule has 2 heterocycles. The first-order valence-corrected chi connectivity index (χ1v) is 9.66. The largest absolute Gasteiger partial charge is 0.391 e. The molecule has 1 N–H and O–H groups in total. The van der Waals surface area contributed by atoms with Crippen molar-refractivity contribution in [2.75, 3.05) is 26.2 Å². The van der Waals surface area contributed by atoms with Crippen molar-refractivity contribution in [3.8, 4) is 0 Å². The van der Waals surface area contributed by atoms with Crippen molar-refractivity contribution >= 4 is 17.4 Å². The standard InChI is InChI=1S/C17H24F3N3OS/c18-17(19,20)13-3-1-4-14(11-13)21-16(24)23-8-6-22(7-9-23)12-15-5-2-10-25-15/h2,5,10,13-14H,1,3-4,6-9,11-12H2,(H,21,24). The first-order chi connectivity index (χ1) is 11.9. The fraction of sp³-hybridized carbons (Fsp3) is 0.706. The number of hydrogen-bond acceptors (Lipinski definition) is 3. The molecule has 1 saturated heterocycles. The number of carbonyl (C=O) groups is 1. The van der Waals surface area contributed by atoms with Crippen molar-refractivity contribution in [2.45, 2.75) is 44.4 Å². The van der Waals surface area contributed by atoms with E-state index in [0.717, 1.165) is 19.6 Å². The second-order valence-electron chi connectivity index (χ2n) is 6.89. The summed E-state index contributed by atoms with van der Waals surface area (Å²) >= 11 is 1.72. The zero-order valence-electron chi connectivity index (χ0n) is 14.1. The Morgan fingerprint density at radius 1 is 1.24 bits per heavy atom. The number of halogens is 3. The molecule has 2 unspecified atom stereocenters. The SMILES string of the molecule is O=C(NC1CCCC(C(F)(F)F)C1)N1CCN(Cc2cccs2)CC1. The minimum atomic E-state index is -4.16. The maximum Gasteiger partial charge on any atom is 0.391 e. The Morgan fingerprint density at radius 3 is 2.64 bits per heavy atom. The van der Waals surface area contributed by atoms with Crippen LogP contribution in [-0.2, 0) is 6.54 Å². The van der Waals surface area contributed by atoms with E-state index < -0.39 is 12.1 Å². The Morgan fingerprint density at radius 2 is 2.00 bits per heavy atom. The Bertz CT molecular complexity index is 556. The van der Waals surface area contributed by atoms with Gasteiger partial charge in [-0.15, -0.1) is 11.3 Å². The lowest BCUT2D eigenvalue weighted by molar-refractivity contribution is -0.183. The molecule has 0 spiro atoms. The van der Waals surface area contributed by atoms with Crippen molar-refractivity contribution in [3.05, 3.63) is 22.4 Å². The maximum absolute atomic E-state index is 12.9. The molecule has 1 aliphatic heterocycles. The van der Waals surface area contributed by atoms with Crippen molar-refractivity contribution in [1.82, 2.24) is 15.1 Å². The first kappa shape index (κ1) is 18.5. The number of nitrogens with zero attached hydrogens (tertiary/aromatic N) is 2. The van der Waals surface area contributed by atoms with Crippen LogP contribution in [0.3, 0.4) is 0 Å². The van der Waals surface area contributed by atoms with Gasteiger partial charge >= 0.3 is 12.2 Å². The van der Waals surface area contributed by atoms with Crippen molar-refractivity contribution in [2.24, 2.45) is 5.92 Å². The van der Waals surface area contributed by atoms with Crippen LogP contribution in [0.4, 0.5) is 18.0 Å². The van der Waals surface area contributed by atoms with Gasteiger partial charge in [-0.2, -0.15) is 13.2 Å². The highest BCUT2D eigenvalue weighted by atomic mass is 32.1. The third kappa shape index (κ3) is 5.10. The lowest BCUT2D eigenvalue weighted by Crippen LogP contribution is -2.54. The fourth-order valence-electron chi connectivity index (χ4n) is 3.62. The molecule has 2 atom stereocenters. The minimum absolute atomic E-state index is 0.00752. The summed E-state index contributed by atoms with van der Waals surface area (Å²) in [4.78, 5) is 17.7. The Balaban J connectivity index is 1.43. The number of alkyl halides is 3. The molecule has 0 aromatic carbocycles. The van der Waals surface area contributed by atoms with Crippen molar-refractivity contribution < 1.29 is 18.0 Å². The molecule has 4 nitrogen and oxygen atoms in total. The highest BCUT2D eigenvalue weighted by molar-refractivity contribution is 7.09. The predicted molar refractivity (Wildman–Crippen MR) is 91.5 cm³/mol. The van der Waals surface area contributed by atoms with Gasteiger partial charge in [0.1, 0.15) is 0 Å². The van der Waals surface area contributed by atoms with E-state index in [9.17, 15) is 18.0 Å². The summed E-state index contributed by atoms with van der Waals surface area (Å²) in [6.07, 6.45) is -2.82. The third-order valence-corrected chi connectivity index (χ3v) is 5.94. The highest BCUT2D eigenvalue weighted by Crippen LogP contribution is 2.37. The van der Waals surface area contributed by atoms with Gasteiger partial charge in [-0.3, -0.25) is 4.90 Å². The molecule has 0 radical (unpaired) electrons. The van der Waals surface area contributed by atoms with Gasteiger partial charge in [0.2, 0.25) is 0 Å². The number of hydrogen-bond donors (Lipinski definition) is 1. The molecule has 1 aromatic rings. The molecular formula is C17H24F3N3OS. The number of amides is 2. The number of nitrogens with one attached hydrogen (secondary N) is 1. The van der Waals surface area contributed by atoms with E-state index in [1.807, 2.05) is 6.07 Å². The van der Waals surface area contributed by atoms with Gasteiger partial charge in [-0.25, -0.2) is 4.79 Å². The van der Waals surface area contributed by atoms with Crippen LogP contribution in [0, 0.1) is 5.92 Å². The summed E-state index contributed by atoms with van der Waals surface area (Å²) in [7, 11) is 0. The van der Waals surface area contributed by atoms with E-state index in [1.165, 1.54) is 4.88 Å². The molecule has 2 fully saturated rings.